The summed E-state index contributed by atoms with van der Waals surface area (Å²) in [5.74, 6) is 0.0905. The molecule has 2 aromatic heterocycles. The van der Waals surface area contributed by atoms with Crippen LogP contribution in [0.25, 0.3) is 11.4 Å². The average molecular weight is 470 g/mol. The monoisotopic (exact) mass is 469 g/mol. The highest BCUT2D eigenvalue weighted by atomic mass is 19.1. The predicted octanol–water partition coefficient (Wildman–Crippen LogP) is 4.47. The molecule has 1 atom stereocenters. The van der Waals surface area contributed by atoms with Crippen molar-refractivity contribution < 1.29 is 9.18 Å². The van der Waals surface area contributed by atoms with Crippen molar-refractivity contribution in [3.63, 3.8) is 0 Å². The minimum Gasteiger partial charge on any atom is -0.378 e. The Balaban J connectivity index is 1.59. The zero-order valence-corrected chi connectivity index (χ0v) is 19.5. The van der Waals surface area contributed by atoms with Crippen LogP contribution < -0.4 is 15.5 Å². The summed E-state index contributed by atoms with van der Waals surface area (Å²) in [5.41, 5.74) is 3.62. The lowest BCUT2D eigenvalue weighted by Crippen LogP contribution is -2.32. The van der Waals surface area contributed by atoms with Gasteiger partial charge in [-0.3, -0.25) is 9.78 Å². The first-order valence-corrected chi connectivity index (χ1v) is 11.1. The van der Waals surface area contributed by atoms with Crippen LogP contribution in [0.2, 0.25) is 0 Å². The standard InChI is InChI=1S/C26H24FN7O/c1-16-22(25(35)30-18-7-6-14-28-15-18)23(20-8-4-5-9-21(20)27)34-26(29-16)31-24(32-34)17-10-12-19(13-11-17)33(2)3/h4-15,23H,1-3H3,(H,30,35)(H,29,31,32). The molecule has 1 aliphatic heterocycles. The molecule has 1 amide bonds. The first-order chi connectivity index (χ1) is 16.9. The number of halogens is 1. The molecule has 3 heterocycles. The number of fused-ring (bicyclic) bond motifs is 1. The van der Waals surface area contributed by atoms with E-state index in [4.69, 9.17) is 5.10 Å². The Kier molecular flexibility index (Phi) is 5.74. The smallest absolute Gasteiger partial charge is 0.255 e. The number of aromatic nitrogens is 4. The van der Waals surface area contributed by atoms with Gasteiger partial charge < -0.3 is 15.5 Å². The third kappa shape index (κ3) is 4.23. The third-order valence-corrected chi connectivity index (χ3v) is 5.86. The second kappa shape index (κ2) is 9.02. The quantitative estimate of drug-likeness (QED) is 0.448. The van der Waals surface area contributed by atoms with Crippen molar-refractivity contribution in [2.24, 2.45) is 0 Å². The predicted molar refractivity (Wildman–Crippen MR) is 134 cm³/mol. The number of carbonyl (C=O) groups excluding carboxylic acids is 1. The minimum absolute atomic E-state index is 0.324. The molecule has 4 aromatic rings. The number of anilines is 3. The van der Waals surface area contributed by atoms with Crippen molar-refractivity contribution in [1.29, 1.82) is 0 Å². The van der Waals surface area contributed by atoms with Gasteiger partial charge in [-0.25, -0.2) is 9.07 Å². The molecule has 9 heteroatoms. The molecular weight excluding hydrogens is 445 g/mol. The lowest BCUT2D eigenvalue weighted by atomic mass is 9.94. The van der Waals surface area contributed by atoms with Gasteiger partial charge in [0, 0.05) is 42.8 Å². The first kappa shape index (κ1) is 22.3. The number of hydrogen-bond donors (Lipinski definition) is 2. The highest BCUT2D eigenvalue weighted by molar-refractivity contribution is 6.06. The molecule has 0 bridgehead atoms. The number of amides is 1. The summed E-state index contributed by atoms with van der Waals surface area (Å²) in [4.78, 5) is 24.1. The van der Waals surface area contributed by atoms with Crippen molar-refractivity contribution in [3.05, 3.63) is 95.7 Å². The zero-order chi connectivity index (χ0) is 24.5. The third-order valence-electron chi connectivity index (χ3n) is 5.86. The Labute approximate surface area is 202 Å². The van der Waals surface area contributed by atoms with Gasteiger partial charge in [0.15, 0.2) is 5.82 Å². The second-order valence-corrected chi connectivity index (χ2v) is 8.43. The molecule has 2 aromatic carbocycles. The van der Waals surface area contributed by atoms with Gasteiger partial charge in [-0.2, -0.15) is 4.98 Å². The maximum absolute atomic E-state index is 15.1. The van der Waals surface area contributed by atoms with Gasteiger partial charge in [0.05, 0.1) is 17.5 Å². The Hall–Kier alpha value is -4.53. The molecule has 0 aliphatic carbocycles. The highest BCUT2D eigenvalue weighted by Crippen LogP contribution is 2.37. The SMILES string of the molecule is CC1=C(C(=O)Nc2cccnc2)C(c2ccccc2F)n2nc(-c3ccc(N(C)C)cc3)nc2N1. The molecule has 35 heavy (non-hydrogen) atoms. The van der Waals surface area contributed by atoms with E-state index in [0.717, 1.165) is 11.3 Å². The van der Waals surface area contributed by atoms with Crippen LogP contribution in [0.1, 0.15) is 18.5 Å². The van der Waals surface area contributed by atoms with Crippen molar-refractivity contribution in [1.82, 2.24) is 19.7 Å². The van der Waals surface area contributed by atoms with Gasteiger partial charge in [-0.05, 0) is 49.4 Å². The van der Waals surface area contributed by atoms with Gasteiger partial charge in [0.2, 0.25) is 5.95 Å². The van der Waals surface area contributed by atoms with Crippen LogP contribution in [0.3, 0.4) is 0 Å². The van der Waals surface area contributed by atoms with Crippen LogP contribution >= 0.6 is 0 Å². The van der Waals surface area contributed by atoms with Crippen LogP contribution in [0.4, 0.5) is 21.7 Å². The van der Waals surface area contributed by atoms with Crippen LogP contribution in [0.15, 0.2) is 84.3 Å². The highest BCUT2D eigenvalue weighted by Gasteiger charge is 2.36. The van der Waals surface area contributed by atoms with E-state index in [1.165, 1.54) is 6.07 Å². The Morgan fingerprint density at radius 3 is 2.54 bits per heavy atom. The number of nitrogens with zero attached hydrogens (tertiary/aromatic N) is 5. The molecule has 0 spiro atoms. The normalized spacial score (nSPS) is 14.8. The second-order valence-electron chi connectivity index (χ2n) is 8.43. The van der Waals surface area contributed by atoms with E-state index in [0.29, 0.717) is 34.3 Å². The number of allylic oxidation sites excluding steroid dienone is 1. The Morgan fingerprint density at radius 1 is 1.09 bits per heavy atom. The van der Waals surface area contributed by atoms with Crippen molar-refractivity contribution in [2.75, 3.05) is 29.6 Å². The lowest BCUT2D eigenvalue weighted by Gasteiger charge is -2.28. The number of benzene rings is 2. The molecular formula is C26H24FN7O. The summed E-state index contributed by atoms with van der Waals surface area (Å²) >= 11 is 0. The molecule has 176 valence electrons. The zero-order valence-electron chi connectivity index (χ0n) is 19.5. The number of pyridine rings is 1. The van der Waals surface area contributed by atoms with E-state index >= 15 is 4.39 Å². The minimum atomic E-state index is -0.814. The fourth-order valence-corrected chi connectivity index (χ4v) is 4.10. The maximum atomic E-state index is 15.1. The molecule has 8 nitrogen and oxygen atoms in total. The van der Waals surface area contributed by atoms with E-state index in [9.17, 15) is 4.79 Å². The lowest BCUT2D eigenvalue weighted by molar-refractivity contribution is -0.113. The van der Waals surface area contributed by atoms with Crippen LogP contribution in [0, 0.1) is 5.82 Å². The number of rotatable bonds is 5. The number of hydrogen-bond acceptors (Lipinski definition) is 6. The van der Waals surface area contributed by atoms with Gasteiger partial charge in [0.1, 0.15) is 11.9 Å². The summed E-state index contributed by atoms with van der Waals surface area (Å²) in [6.45, 7) is 1.77. The van der Waals surface area contributed by atoms with Gasteiger partial charge in [-0.15, -0.1) is 5.10 Å². The summed E-state index contributed by atoms with van der Waals surface area (Å²) in [5, 5.41) is 10.7. The van der Waals surface area contributed by atoms with E-state index in [2.05, 4.69) is 20.6 Å². The Morgan fingerprint density at radius 2 is 1.86 bits per heavy atom. The van der Waals surface area contributed by atoms with Crippen molar-refractivity contribution >= 4 is 23.2 Å². The molecule has 0 fully saturated rings. The molecule has 0 radical (unpaired) electrons. The summed E-state index contributed by atoms with van der Waals surface area (Å²) in [7, 11) is 3.94. The van der Waals surface area contributed by atoms with Crippen LogP contribution in [-0.4, -0.2) is 39.8 Å². The van der Waals surface area contributed by atoms with Gasteiger partial charge in [0.25, 0.3) is 5.91 Å². The van der Waals surface area contributed by atoms with Crippen molar-refractivity contribution in [2.45, 2.75) is 13.0 Å². The van der Waals surface area contributed by atoms with E-state index in [1.54, 1.807) is 54.3 Å². The molecule has 1 aliphatic rings. The molecule has 5 rings (SSSR count). The molecule has 0 saturated carbocycles. The topological polar surface area (TPSA) is 88.0 Å². The summed E-state index contributed by atoms with van der Waals surface area (Å²) < 4.78 is 16.6. The summed E-state index contributed by atoms with van der Waals surface area (Å²) in [6, 6.07) is 16.9. The van der Waals surface area contributed by atoms with Crippen LogP contribution in [0.5, 0.6) is 0 Å². The fraction of sp³-hybridized carbons (Fsp3) is 0.154. The molecule has 2 N–H and O–H groups in total. The Bertz CT molecular complexity index is 1410. The summed E-state index contributed by atoms with van der Waals surface area (Å²) in [6.07, 6.45) is 3.18. The van der Waals surface area contributed by atoms with Gasteiger partial charge in [-0.1, -0.05) is 18.2 Å². The maximum Gasteiger partial charge on any atom is 0.255 e. The van der Waals surface area contributed by atoms with E-state index < -0.39 is 11.9 Å². The average Bonchev–Trinajstić information content (AvgIpc) is 3.28. The van der Waals surface area contributed by atoms with E-state index in [-0.39, 0.29) is 5.91 Å². The first-order valence-electron chi connectivity index (χ1n) is 11.1. The molecule has 0 saturated heterocycles. The largest absolute Gasteiger partial charge is 0.378 e. The van der Waals surface area contributed by atoms with E-state index in [1.807, 2.05) is 43.3 Å². The van der Waals surface area contributed by atoms with Gasteiger partial charge >= 0.3 is 0 Å². The number of nitrogens with one attached hydrogen (secondary N) is 2. The fourth-order valence-electron chi connectivity index (χ4n) is 4.10. The van der Waals surface area contributed by atoms with Crippen LogP contribution in [-0.2, 0) is 4.79 Å². The number of carbonyl (C=O) groups is 1. The molecule has 1 unspecified atom stereocenters. The van der Waals surface area contributed by atoms with Crippen molar-refractivity contribution in [3.8, 4) is 11.4 Å².